The Morgan fingerprint density at radius 3 is 2.23 bits per heavy atom. The molecule has 3 heterocycles. The van der Waals surface area contributed by atoms with Crippen LogP contribution in [0.25, 0.3) is 0 Å². The molecule has 4 aliphatic rings. The van der Waals surface area contributed by atoms with E-state index in [0.717, 1.165) is 28.7 Å². The molecular weight excluding hydrogens is 550 g/mol. The van der Waals surface area contributed by atoms with Crippen LogP contribution in [0.4, 0.5) is 0 Å². The number of rotatable bonds is 5. The van der Waals surface area contributed by atoms with Gasteiger partial charge >= 0.3 is 5.76 Å². The standard InChI is InChI=1S/C31H31N7O5/c1-33-27(40)18-5-7-22-16(9-18)3-4-17-10-19(28(41)34-2)6-8-23(17)31(22)13-25(38-29(31)36-30(42)43-38)35-15-26(39)37-21(14-32)11-20-12-24(20)37/h5-10,20-21,24-25,35H,3-4,11-13,15H2,1-2H3,(H,33,40)(H,34,41)/t20?,21?,24-,25?/m0/s1. The molecule has 0 bridgehead atoms. The highest BCUT2D eigenvalue weighted by molar-refractivity contribution is 5.95. The molecule has 12 nitrogen and oxygen atoms in total. The van der Waals surface area contributed by atoms with Crippen molar-refractivity contribution in [2.45, 2.75) is 55.8 Å². The van der Waals surface area contributed by atoms with Gasteiger partial charge in [-0.15, -0.1) is 0 Å². The number of hydrogen-bond acceptors (Lipinski definition) is 8. The molecule has 3 unspecified atom stereocenters. The molecule has 7 rings (SSSR count). The van der Waals surface area contributed by atoms with Crippen molar-refractivity contribution in [3.63, 3.8) is 0 Å². The van der Waals surface area contributed by atoms with Crippen LogP contribution >= 0.6 is 0 Å². The Labute approximate surface area is 247 Å². The first kappa shape index (κ1) is 27.1. The predicted octanol–water partition coefficient (Wildman–Crippen LogP) is 0.993. The topological polar surface area (TPSA) is 162 Å². The number of nitrogens with zero attached hydrogens (tertiary/aromatic N) is 4. The van der Waals surface area contributed by atoms with E-state index in [-0.39, 0.29) is 30.3 Å². The monoisotopic (exact) mass is 581 g/mol. The zero-order valence-electron chi connectivity index (χ0n) is 23.8. The predicted molar refractivity (Wildman–Crippen MR) is 152 cm³/mol. The Hall–Kier alpha value is -4.76. The van der Waals surface area contributed by atoms with Crippen LogP contribution in [0.5, 0.6) is 0 Å². The first-order chi connectivity index (χ1) is 20.8. The van der Waals surface area contributed by atoms with Crippen LogP contribution in [0, 0.1) is 17.2 Å². The molecule has 2 aromatic carbocycles. The normalized spacial score (nSPS) is 23.8. The lowest BCUT2D eigenvalue weighted by Crippen LogP contribution is -2.44. The van der Waals surface area contributed by atoms with Crippen molar-refractivity contribution >= 4 is 17.7 Å². The molecule has 0 radical (unpaired) electrons. The van der Waals surface area contributed by atoms with Crippen LogP contribution in [-0.4, -0.2) is 65.1 Å². The zero-order valence-corrected chi connectivity index (χ0v) is 23.8. The minimum atomic E-state index is -0.957. The van der Waals surface area contributed by atoms with Gasteiger partial charge in [0.2, 0.25) is 5.91 Å². The maximum atomic E-state index is 13.3. The molecule has 1 saturated heterocycles. The van der Waals surface area contributed by atoms with Crippen LogP contribution in [-0.2, 0) is 23.1 Å². The molecule has 3 amide bonds. The lowest BCUT2D eigenvalue weighted by Gasteiger charge is -2.31. The van der Waals surface area contributed by atoms with Gasteiger partial charge in [-0.3, -0.25) is 19.7 Å². The first-order valence-electron chi connectivity index (χ1n) is 14.5. The Balaban J connectivity index is 1.32. The molecule has 3 N–H and O–H groups in total. The molecule has 1 aromatic heterocycles. The maximum Gasteiger partial charge on any atom is 0.460 e. The van der Waals surface area contributed by atoms with Crippen molar-refractivity contribution in [2.75, 3.05) is 20.6 Å². The van der Waals surface area contributed by atoms with E-state index in [0.29, 0.717) is 48.6 Å². The lowest BCUT2D eigenvalue weighted by atomic mass is 9.70. The van der Waals surface area contributed by atoms with Crippen LogP contribution in [0.15, 0.2) is 45.7 Å². The van der Waals surface area contributed by atoms with Crippen molar-refractivity contribution < 1.29 is 18.9 Å². The van der Waals surface area contributed by atoms with E-state index in [4.69, 9.17) is 4.52 Å². The summed E-state index contributed by atoms with van der Waals surface area (Å²) in [4.78, 5) is 57.2. The van der Waals surface area contributed by atoms with Crippen LogP contribution < -0.4 is 21.7 Å². The largest absolute Gasteiger partial charge is 0.460 e. The highest BCUT2D eigenvalue weighted by Gasteiger charge is 2.55. The number of fused-ring (bicyclic) bond motifs is 7. The van der Waals surface area contributed by atoms with Crippen LogP contribution in [0.2, 0.25) is 0 Å². The van der Waals surface area contributed by atoms with E-state index in [1.54, 1.807) is 31.1 Å². The molecule has 2 aliphatic carbocycles. The first-order valence-corrected chi connectivity index (χ1v) is 14.5. The van der Waals surface area contributed by atoms with Crippen LogP contribution in [0.1, 0.15) is 74.2 Å². The number of nitrogens with one attached hydrogen (secondary N) is 3. The molecule has 43 heavy (non-hydrogen) atoms. The van der Waals surface area contributed by atoms with Gasteiger partial charge in [-0.1, -0.05) is 12.1 Å². The van der Waals surface area contributed by atoms with E-state index in [1.807, 2.05) is 24.3 Å². The Morgan fingerprint density at radius 1 is 1.02 bits per heavy atom. The molecule has 2 aliphatic heterocycles. The number of piperidine rings is 1. The average molecular weight is 582 g/mol. The third kappa shape index (κ3) is 4.10. The summed E-state index contributed by atoms with van der Waals surface area (Å²) in [7, 11) is 3.16. The van der Waals surface area contributed by atoms with E-state index < -0.39 is 23.4 Å². The summed E-state index contributed by atoms with van der Waals surface area (Å²) in [5.74, 6) is -0.537. The minimum absolute atomic E-state index is 0.0333. The quantitative estimate of drug-likeness (QED) is 0.402. The highest BCUT2D eigenvalue weighted by Crippen LogP contribution is 2.53. The number of likely N-dealkylation sites (tertiary alicyclic amines) is 1. The van der Waals surface area contributed by atoms with Gasteiger partial charge in [0.25, 0.3) is 11.8 Å². The summed E-state index contributed by atoms with van der Waals surface area (Å²) < 4.78 is 7.06. The van der Waals surface area contributed by atoms with Gasteiger partial charge in [-0.25, -0.2) is 4.79 Å². The van der Waals surface area contributed by atoms with Gasteiger partial charge in [0, 0.05) is 37.7 Å². The van der Waals surface area contributed by atoms with Gasteiger partial charge in [0.1, 0.15) is 12.2 Å². The Kier molecular flexibility index (Phi) is 6.25. The summed E-state index contributed by atoms with van der Waals surface area (Å²) in [6.45, 7) is -0.0333. The molecule has 1 saturated carbocycles. The number of carbonyl (C=O) groups is 3. The number of amides is 3. The van der Waals surface area contributed by atoms with Crippen molar-refractivity contribution in [3.8, 4) is 6.07 Å². The number of carbonyl (C=O) groups excluding carboxylic acids is 3. The summed E-state index contributed by atoms with van der Waals surface area (Å²) in [6.07, 6.45) is 2.61. The second-order valence-electron chi connectivity index (χ2n) is 11.8. The summed E-state index contributed by atoms with van der Waals surface area (Å²) >= 11 is 0. The molecule has 1 spiro atoms. The second kappa shape index (κ2) is 9.91. The molecule has 220 valence electrons. The summed E-state index contributed by atoms with van der Waals surface area (Å²) in [5, 5.41) is 18.2. The average Bonchev–Trinajstić information content (AvgIpc) is 3.41. The van der Waals surface area contributed by atoms with Crippen molar-refractivity contribution in [1.82, 2.24) is 30.6 Å². The van der Waals surface area contributed by atoms with Crippen molar-refractivity contribution in [2.24, 2.45) is 5.92 Å². The fourth-order valence-corrected chi connectivity index (χ4v) is 7.50. The van der Waals surface area contributed by atoms with Crippen molar-refractivity contribution in [1.29, 1.82) is 5.26 Å². The molecule has 2 fully saturated rings. The van der Waals surface area contributed by atoms with Gasteiger partial charge < -0.3 is 20.1 Å². The van der Waals surface area contributed by atoms with Gasteiger partial charge in [0.15, 0.2) is 5.82 Å². The van der Waals surface area contributed by atoms with E-state index in [9.17, 15) is 24.4 Å². The lowest BCUT2D eigenvalue weighted by molar-refractivity contribution is -0.131. The van der Waals surface area contributed by atoms with Gasteiger partial charge in [0.05, 0.1) is 18.0 Å². The third-order valence-electron chi connectivity index (χ3n) is 9.55. The summed E-state index contributed by atoms with van der Waals surface area (Å²) in [5.41, 5.74) is 3.68. The summed E-state index contributed by atoms with van der Waals surface area (Å²) in [6, 6.07) is 13.1. The van der Waals surface area contributed by atoms with Crippen LogP contribution in [0.3, 0.4) is 0 Å². The fraction of sp³-hybridized carbons (Fsp3) is 0.419. The highest BCUT2D eigenvalue weighted by atomic mass is 16.5. The minimum Gasteiger partial charge on any atom is -0.355 e. The van der Waals surface area contributed by atoms with Gasteiger partial charge in [-0.05, 0) is 78.1 Å². The number of aromatic nitrogens is 2. The fourth-order valence-electron chi connectivity index (χ4n) is 7.50. The zero-order chi connectivity index (χ0) is 30.0. The number of nitriles is 1. The number of hydrogen-bond donors (Lipinski definition) is 3. The van der Waals surface area contributed by atoms with E-state index in [1.165, 1.54) is 4.74 Å². The van der Waals surface area contributed by atoms with Gasteiger partial charge in [-0.2, -0.15) is 15.0 Å². The SMILES string of the molecule is CNC(=O)c1ccc2c(c1)CCc1cc(C(=O)NC)ccc1C21CC(NCC(=O)N2C(C#N)CC3C[C@@H]32)n2oc(=O)nc21. The smallest absolute Gasteiger partial charge is 0.355 e. The molecule has 4 atom stereocenters. The van der Waals surface area contributed by atoms with Crippen molar-refractivity contribution in [3.05, 3.63) is 86.2 Å². The van der Waals surface area contributed by atoms with E-state index >= 15 is 0 Å². The van der Waals surface area contributed by atoms with E-state index in [2.05, 4.69) is 27.0 Å². The number of benzene rings is 2. The molecule has 12 heteroatoms. The maximum absolute atomic E-state index is 13.3. The molecule has 3 aromatic rings. The Morgan fingerprint density at radius 2 is 1.65 bits per heavy atom. The third-order valence-corrected chi connectivity index (χ3v) is 9.55. The molecular formula is C31H31N7O5. The second-order valence-corrected chi connectivity index (χ2v) is 11.8. The number of aryl methyl sites for hydroxylation is 2. The Bertz CT molecular complexity index is 1720.